The normalized spacial score (nSPS) is 22.0. The topological polar surface area (TPSA) is 64.6 Å². The van der Waals surface area contributed by atoms with Gasteiger partial charge in [0.1, 0.15) is 6.10 Å². The Morgan fingerprint density at radius 1 is 1.23 bits per heavy atom. The molecule has 2 aromatic carbocycles. The van der Waals surface area contributed by atoms with Crippen molar-refractivity contribution in [1.82, 2.24) is 5.32 Å². The molecule has 0 spiro atoms. The molecule has 1 heterocycles. The van der Waals surface area contributed by atoms with Crippen molar-refractivity contribution in [3.63, 3.8) is 0 Å². The Labute approximate surface area is 128 Å². The molecule has 1 aliphatic rings. The number of carbonyl (C=O) groups is 2. The minimum absolute atomic E-state index is 0.144. The molecule has 114 valence electrons. The van der Waals surface area contributed by atoms with Crippen LogP contribution in [0, 0.1) is 0 Å². The molecule has 3 atom stereocenters. The number of ether oxygens (including phenoxy) is 2. The number of fused-ring (bicyclic) bond motifs is 1. The smallest absolute Gasteiger partial charge is 0.408 e. The molecule has 5 heteroatoms. The fourth-order valence-corrected chi connectivity index (χ4v) is 2.97. The molecule has 1 N–H and O–H groups in total. The van der Waals surface area contributed by atoms with E-state index in [1.54, 1.807) is 0 Å². The largest absolute Gasteiger partial charge is 0.467 e. The van der Waals surface area contributed by atoms with E-state index in [0.717, 1.165) is 16.3 Å². The van der Waals surface area contributed by atoms with Crippen molar-refractivity contribution in [3.8, 4) is 0 Å². The number of hydrogen-bond donors (Lipinski definition) is 1. The minimum atomic E-state index is -0.786. The molecule has 0 radical (unpaired) electrons. The van der Waals surface area contributed by atoms with Gasteiger partial charge in [-0.2, -0.15) is 0 Å². The van der Waals surface area contributed by atoms with Crippen molar-refractivity contribution in [1.29, 1.82) is 0 Å². The van der Waals surface area contributed by atoms with Gasteiger partial charge in [0, 0.05) is 5.92 Å². The van der Waals surface area contributed by atoms with E-state index in [9.17, 15) is 9.59 Å². The lowest BCUT2D eigenvalue weighted by Gasteiger charge is -2.23. The van der Waals surface area contributed by atoms with E-state index in [2.05, 4.69) is 5.32 Å². The fourth-order valence-electron chi connectivity index (χ4n) is 2.97. The number of esters is 1. The lowest BCUT2D eigenvalue weighted by Crippen LogP contribution is -2.42. The molecule has 0 saturated carbocycles. The molecule has 0 bridgehead atoms. The van der Waals surface area contributed by atoms with Crippen molar-refractivity contribution in [2.24, 2.45) is 0 Å². The Hall–Kier alpha value is -2.56. The zero-order chi connectivity index (χ0) is 15.7. The van der Waals surface area contributed by atoms with Gasteiger partial charge in [0.15, 0.2) is 6.04 Å². The number of nitrogens with one attached hydrogen (secondary N) is 1. The first-order valence-corrected chi connectivity index (χ1v) is 7.14. The highest BCUT2D eigenvalue weighted by Crippen LogP contribution is 2.32. The highest BCUT2D eigenvalue weighted by Gasteiger charge is 2.43. The van der Waals surface area contributed by atoms with Crippen LogP contribution in [0.2, 0.25) is 0 Å². The summed E-state index contributed by atoms with van der Waals surface area (Å²) in [4.78, 5) is 23.4. The van der Waals surface area contributed by atoms with Crippen molar-refractivity contribution in [3.05, 3.63) is 48.0 Å². The molecule has 5 nitrogen and oxygen atoms in total. The van der Waals surface area contributed by atoms with E-state index in [0.29, 0.717) is 0 Å². The van der Waals surface area contributed by atoms with Gasteiger partial charge in [-0.05, 0) is 16.3 Å². The molecule has 22 heavy (non-hydrogen) atoms. The van der Waals surface area contributed by atoms with Crippen LogP contribution in [0.4, 0.5) is 4.79 Å². The number of hydrogen-bond acceptors (Lipinski definition) is 4. The first-order valence-electron chi connectivity index (χ1n) is 7.14. The zero-order valence-electron chi connectivity index (χ0n) is 12.4. The maximum absolute atomic E-state index is 11.9. The van der Waals surface area contributed by atoms with Crippen molar-refractivity contribution < 1.29 is 19.1 Å². The number of amides is 1. The molecule has 1 saturated heterocycles. The zero-order valence-corrected chi connectivity index (χ0v) is 12.4. The molecule has 2 aromatic rings. The van der Waals surface area contributed by atoms with Gasteiger partial charge in [-0.3, -0.25) is 0 Å². The van der Waals surface area contributed by atoms with E-state index >= 15 is 0 Å². The molecule has 1 amide bonds. The summed E-state index contributed by atoms with van der Waals surface area (Å²) in [5.74, 6) is -0.642. The van der Waals surface area contributed by atoms with Gasteiger partial charge in [0.25, 0.3) is 0 Å². The number of methoxy groups -OCH3 is 1. The summed E-state index contributed by atoms with van der Waals surface area (Å²) in [5.41, 5.74) is 1.04. The van der Waals surface area contributed by atoms with E-state index in [4.69, 9.17) is 9.47 Å². The van der Waals surface area contributed by atoms with Gasteiger partial charge in [0.2, 0.25) is 0 Å². The van der Waals surface area contributed by atoms with Gasteiger partial charge >= 0.3 is 12.1 Å². The van der Waals surface area contributed by atoms with Gasteiger partial charge in [-0.1, -0.05) is 49.4 Å². The average Bonchev–Trinajstić information content (AvgIpc) is 2.94. The van der Waals surface area contributed by atoms with Crippen LogP contribution in [0.5, 0.6) is 0 Å². The summed E-state index contributed by atoms with van der Waals surface area (Å²) in [6.07, 6.45) is -1.18. The number of alkyl carbamates (subject to hydrolysis) is 1. The first-order chi connectivity index (χ1) is 10.6. The number of benzene rings is 2. The van der Waals surface area contributed by atoms with Crippen LogP contribution >= 0.6 is 0 Å². The summed E-state index contributed by atoms with van der Waals surface area (Å²) in [7, 11) is 1.30. The maximum Gasteiger partial charge on any atom is 0.408 e. The van der Waals surface area contributed by atoms with Crippen LogP contribution in [0.1, 0.15) is 18.4 Å². The van der Waals surface area contributed by atoms with Crippen LogP contribution in [0.15, 0.2) is 42.5 Å². The van der Waals surface area contributed by atoms with Crippen molar-refractivity contribution >= 4 is 22.8 Å². The quantitative estimate of drug-likeness (QED) is 0.885. The number of rotatable bonds is 3. The second-order valence-corrected chi connectivity index (χ2v) is 5.37. The average molecular weight is 299 g/mol. The highest BCUT2D eigenvalue weighted by molar-refractivity contribution is 5.88. The summed E-state index contributed by atoms with van der Waals surface area (Å²) in [6, 6.07) is 13.2. The second kappa shape index (κ2) is 5.67. The molecule has 1 aliphatic heterocycles. The van der Waals surface area contributed by atoms with E-state index in [-0.39, 0.29) is 5.92 Å². The third-order valence-corrected chi connectivity index (χ3v) is 4.11. The monoisotopic (exact) mass is 299 g/mol. The van der Waals surface area contributed by atoms with Crippen LogP contribution in [-0.4, -0.2) is 31.3 Å². The first kappa shape index (κ1) is 14.4. The van der Waals surface area contributed by atoms with Gasteiger partial charge < -0.3 is 14.8 Å². The molecule has 0 aliphatic carbocycles. The Morgan fingerprint density at radius 3 is 2.73 bits per heavy atom. The number of cyclic esters (lactones) is 1. The van der Waals surface area contributed by atoms with Crippen LogP contribution in [0.3, 0.4) is 0 Å². The molecule has 3 unspecified atom stereocenters. The summed E-state index contributed by atoms with van der Waals surface area (Å²) in [6.45, 7) is 1.95. The second-order valence-electron chi connectivity index (χ2n) is 5.37. The SMILES string of the molecule is COC(=O)C1NC(=O)OC1C(C)c1cccc2ccccc12. The van der Waals surface area contributed by atoms with Crippen LogP contribution < -0.4 is 5.32 Å². The van der Waals surface area contributed by atoms with E-state index in [1.165, 1.54) is 7.11 Å². The molecular formula is C17H17NO4. The summed E-state index contributed by atoms with van der Waals surface area (Å²) < 4.78 is 10.1. The van der Waals surface area contributed by atoms with Gasteiger partial charge in [0.05, 0.1) is 7.11 Å². The lowest BCUT2D eigenvalue weighted by molar-refractivity contribution is -0.144. The Morgan fingerprint density at radius 2 is 1.95 bits per heavy atom. The predicted molar refractivity (Wildman–Crippen MR) is 81.6 cm³/mol. The molecule has 1 fully saturated rings. The van der Waals surface area contributed by atoms with E-state index in [1.807, 2.05) is 49.4 Å². The summed E-state index contributed by atoms with van der Waals surface area (Å²) in [5, 5.41) is 4.71. The molecule has 0 aromatic heterocycles. The summed E-state index contributed by atoms with van der Waals surface area (Å²) >= 11 is 0. The third kappa shape index (κ3) is 2.39. The van der Waals surface area contributed by atoms with Crippen molar-refractivity contribution in [2.45, 2.75) is 25.0 Å². The highest BCUT2D eigenvalue weighted by atomic mass is 16.6. The maximum atomic E-state index is 11.9. The minimum Gasteiger partial charge on any atom is -0.467 e. The lowest BCUT2D eigenvalue weighted by atomic mass is 9.88. The van der Waals surface area contributed by atoms with Crippen molar-refractivity contribution in [2.75, 3.05) is 7.11 Å². The Bertz CT molecular complexity index is 722. The van der Waals surface area contributed by atoms with Crippen LogP contribution in [0.25, 0.3) is 10.8 Å². The Kier molecular flexibility index (Phi) is 3.71. The van der Waals surface area contributed by atoms with Gasteiger partial charge in [-0.15, -0.1) is 0 Å². The van der Waals surface area contributed by atoms with E-state index < -0.39 is 24.2 Å². The molecular weight excluding hydrogens is 282 g/mol. The predicted octanol–water partition coefficient (Wildman–Crippen LogP) is 2.59. The van der Waals surface area contributed by atoms with Crippen LogP contribution in [-0.2, 0) is 14.3 Å². The third-order valence-electron chi connectivity index (χ3n) is 4.11. The number of carbonyl (C=O) groups excluding carboxylic acids is 2. The standard InChI is InChI=1S/C17H17NO4/c1-10(15-14(16(19)21-2)18-17(20)22-15)12-9-5-7-11-6-3-4-8-13(11)12/h3-10,14-15H,1-2H3,(H,18,20). The van der Waals surface area contributed by atoms with Gasteiger partial charge in [-0.25, -0.2) is 9.59 Å². The molecule has 3 rings (SSSR count). The fraction of sp³-hybridized carbons (Fsp3) is 0.294. The Balaban J connectivity index is 1.99.